The van der Waals surface area contributed by atoms with E-state index < -0.39 is 0 Å². The van der Waals surface area contributed by atoms with Gasteiger partial charge < -0.3 is 0 Å². The summed E-state index contributed by atoms with van der Waals surface area (Å²) in [6.45, 7) is 8.99. The van der Waals surface area contributed by atoms with Crippen LogP contribution in [-0.4, -0.2) is 12.9 Å². The Morgan fingerprint density at radius 3 is 1.92 bits per heavy atom. The lowest BCUT2D eigenvalue weighted by Gasteiger charge is -2.23. The Bertz CT molecular complexity index is 96.7. The molecule has 0 radical (unpaired) electrons. The van der Waals surface area contributed by atoms with Gasteiger partial charge in [-0.25, -0.2) is 4.89 Å². The molecule has 0 N–H and O–H groups in total. The Hall–Kier alpha value is 0.270. The van der Waals surface area contributed by atoms with Gasteiger partial charge in [-0.1, -0.05) is 27.7 Å². The van der Waals surface area contributed by atoms with Gasteiger partial charge in [-0.05, 0) is 17.8 Å². The predicted molar refractivity (Wildman–Crippen MR) is 53.7 cm³/mol. The first-order valence-corrected chi connectivity index (χ1v) is 5.33. The molecular formula is C9H20O2S. The van der Waals surface area contributed by atoms with Crippen LogP contribution >= 0.6 is 12.0 Å². The van der Waals surface area contributed by atoms with Gasteiger partial charge in [0.15, 0.2) is 0 Å². The van der Waals surface area contributed by atoms with E-state index in [0.29, 0.717) is 17.8 Å². The van der Waals surface area contributed by atoms with Crippen molar-refractivity contribution in [2.45, 2.75) is 27.7 Å². The molecule has 2 nitrogen and oxygen atoms in total. The third-order valence-corrected chi connectivity index (χ3v) is 2.84. The Kier molecular flexibility index (Phi) is 6.90. The van der Waals surface area contributed by atoms with Crippen molar-refractivity contribution in [2.24, 2.45) is 17.8 Å². The summed E-state index contributed by atoms with van der Waals surface area (Å²) in [6.07, 6.45) is 0. The Labute approximate surface area is 80.1 Å². The minimum Gasteiger partial charge on any atom is -0.228 e. The van der Waals surface area contributed by atoms with Gasteiger partial charge in [0.1, 0.15) is 0 Å². The van der Waals surface area contributed by atoms with Crippen molar-refractivity contribution in [1.82, 2.24) is 0 Å². The fraction of sp³-hybridized carbons (Fsp3) is 1.00. The molecule has 74 valence electrons. The van der Waals surface area contributed by atoms with Crippen molar-refractivity contribution in [3.8, 4) is 0 Å². The molecule has 0 aromatic heterocycles. The maximum absolute atomic E-state index is 4.78. The van der Waals surface area contributed by atoms with E-state index in [-0.39, 0.29) is 0 Å². The molecule has 12 heavy (non-hydrogen) atoms. The normalized spacial score (nSPS) is 12.0. The largest absolute Gasteiger partial charge is 0.228 e. The SMILES string of the molecule is COOSCC(C(C)C)C(C)C. The number of hydrogen-bond acceptors (Lipinski definition) is 3. The first kappa shape index (κ1) is 12.3. The van der Waals surface area contributed by atoms with Crippen LogP contribution in [0.3, 0.4) is 0 Å². The molecule has 0 bridgehead atoms. The fourth-order valence-electron chi connectivity index (χ4n) is 1.31. The lowest BCUT2D eigenvalue weighted by atomic mass is 9.87. The molecule has 0 aromatic carbocycles. The third-order valence-electron chi connectivity index (χ3n) is 2.09. The van der Waals surface area contributed by atoms with Gasteiger partial charge in [-0.15, -0.1) is 0 Å². The first-order valence-electron chi connectivity index (χ1n) is 4.41. The maximum atomic E-state index is 4.78. The van der Waals surface area contributed by atoms with Crippen LogP contribution in [-0.2, 0) is 9.22 Å². The quantitative estimate of drug-likeness (QED) is 0.279. The van der Waals surface area contributed by atoms with Gasteiger partial charge in [-0.3, -0.25) is 0 Å². The zero-order chi connectivity index (χ0) is 9.56. The van der Waals surface area contributed by atoms with E-state index in [9.17, 15) is 0 Å². The molecule has 0 unspecified atom stereocenters. The summed E-state index contributed by atoms with van der Waals surface area (Å²) in [6, 6.07) is 0. The second-order valence-corrected chi connectivity index (χ2v) is 4.38. The molecule has 0 atom stereocenters. The Morgan fingerprint density at radius 2 is 1.58 bits per heavy atom. The Balaban J connectivity index is 3.64. The topological polar surface area (TPSA) is 18.5 Å². The zero-order valence-electron chi connectivity index (χ0n) is 8.66. The summed E-state index contributed by atoms with van der Waals surface area (Å²) >= 11 is 1.40. The van der Waals surface area contributed by atoms with Crippen molar-refractivity contribution >= 4 is 12.0 Å². The second-order valence-electron chi connectivity index (χ2n) is 3.67. The highest BCUT2D eigenvalue weighted by atomic mass is 32.2. The summed E-state index contributed by atoms with van der Waals surface area (Å²) in [4.78, 5) is 4.51. The molecule has 0 aliphatic heterocycles. The van der Waals surface area contributed by atoms with Crippen LogP contribution in [0.4, 0.5) is 0 Å². The molecule has 0 rings (SSSR count). The van der Waals surface area contributed by atoms with E-state index in [1.54, 1.807) is 0 Å². The van der Waals surface area contributed by atoms with E-state index in [1.807, 2.05) is 0 Å². The van der Waals surface area contributed by atoms with Gasteiger partial charge in [0.2, 0.25) is 0 Å². The summed E-state index contributed by atoms with van der Waals surface area (Å²) in [5.41, 5.74) is 0. The fourth-order valence-corrected chi connectivity index (χ4v) is 2.39. The van der Waals surface area contributed by atoms with E-state index in [1.165, 1.54) is 19.2 Å². The van der Waals surface area contributed by atoms with E-state index in [0.717, 1.165) is 5.75 Å². The number of hydrogen-bond donors (Lipinski definition) is 0. The summed E-state index contributed by atoms with van der Waals surface area (Å²) in [5.74, 6) is 3.12. The Morgan fingerprint density at radius 1 is 1.08 bits per heavy atom. The molecule has 0 aliphatic carbocycles. The third kappa shape index (κ3) is 5.01. The van der Waals surface area contributed by atoms with E-state index in [4.69, 9.17) is 4.33 Å². The molecule has 0 aromatic rings. The van der Waals surface area contributed by atoms with E-state index >= 15 is 0 Å². The molecular weight excluding hydrogens is 172 g/mol. The molecule has 0 saturated carbocycles. The second kappa shape index (κ2) is 6.75. The highest BCUT2D eigenvalue weighted by molar-refractivity contribution is 7.94. The molecule has 0 fully saturated rings. The molecule has 0 saturated heterocycles. The standard InChI is InChI=1S/C9H20O2S/c1-7(2)9(8(3)4)6-12-11-10-5/h7-9H,6H2,1-5H3. The van der Waals surface area contributed by atoms with Crippen LogP contribution < -0.4 is 0 Å². The van der Waals surface area contributed by atoms with Gasteiger partial charge in [0, 0.05) is 17.8 Å². The highest BCUT2D eigenvalue weighted by Gasteiger charge is 2.17. The average molecular weight is 192 g/mol. The van der Waals surface area contributed by atoms with Gasteiger partial charge in [-0.2, -0.15) is 4.33 Å². The summed E-state index contributed by atoms with van der Waals surface area (Å²) in [5, 5.41) is 0. The van der Waals surface area contributed by atoms with Crippen molar-refractivity contribution in [2.75, 3.05) is 12.9 Å². The van der Waals surface area contributed by atoms with Crippen molar-refractivity contribution < 1.29 is 9.22 Å². The molecule has 0 spiro atoms. The first-order chi connectivity index (χ1) is 5.59. The smallest absolute Gasteiger partial charge is 0.0725 e. The summed E-state index contributed by atoms with van der Waals surface area (Å²) < 4.78 is 4.78. The number of rotatable bonds is 6. The molecule has 3 heteroatoms. The maximum Gasteiger partial charge on any atom is 0.0725 e. The van der Waals surface area contributed by atoms with Crippen LogP contribution in [0.25, 0.3) is 0 Å². The average Bonchev–Trinajstić information content (AvgIpc) is 1.96. The van der Waals surface area contributed by atoms with Crippen LogP contribution in [0.1, 0.15) is 27.7 Å². The lowest BCUT2D eigenvalue weighted by molar-refractivity contribution is -0.160. The van der Waals surface area contributed by atoms with Crippen LogP contribution in [0.15, 0.2) is 0 Å². The minimum atomic E-state index is 0.699. The van der Waals surface area contributed by atoms with Crippen LogP contribution in [0, 0.1) is 17.8 Å². The van der Waals surface area contributed by atoms with E-state index in [2.05, 4.69) is 32.6 Å². The van der Waals surface area contributed by atoms with Crippen LogP contribution in [0.2, 0.25) is 0 Å². The zero-order valence-corrected chi connectivity index (χ0v) is 9.48. The molecule has 0 aliphatic rings. The van der Waals surface area contributed by atoms with Crippen molar-refractivity contribution in [3.63, 3.8) is 0 Å². The predicted octanol–water partition coefficient (Wildman–Crippen LogP) is 3.14. The van der Waals surface area contributed by atoms with Crippen molar-refractivity contribution in [3.05, 3.63) is 0 Å². The lowest BCUT2D eigenvalue weighted by Crippen LogP contribution is -2.18. The molecule has 0 amide bonds. The van der Waals surface area contributed by atoms with Crippen LogP contribution in [0.5, 0.6) is 0 Å². The van der Waals surface area contributed by atoms with Gasteiger partial charge >= 0.3 is 0 Å². The van der Waals surface area contributed by atoms with Crippen molar-refractivity contribution in [1.29, 1.82) is 0 Å². The monoisotopic (exact) mass is 192 g/mol. The molecule has 0 heterocycles. The van der Waals surface area contributed by atoms with Gasteiger partial charge in [0.25, 0.3) is 0 Å². The summed E-state index contributed by atoms with van der Waals surface area (Å²) in [7, 11) is 1.53. The minimum absolute atomic E-state index is 0.699. The van der Waals surface area contributed by atoms with Gasteiger partial charge in [0.05, 0.1) is 7.11 Å². The highest BCUT2D eigenvalue weighted by Crippen LogP contribution is 2.24.